The van der Waals surface area contributed by atoms with Gasteiger partial charge in [-0.2, -0.15) is 0 Å². The van der Waals surface area contributed by atoms with E-state index >= 15 is 0 Å². The molecule has 0 saturated heterocycles. The maximum absolute atomic E-state index is 12.4. The van der Waals surface area contributed by atoms with Crippen molar-refractivity contribution < 1.29 is 4.79 Å². The van der Waals surface area contributed by atoms with Crippen LogP contribution < -0.4 is 5.32 Å². The molecule has 0 fully saturated rings. The molecule has 1 unspecified atom stereocenters. The number of aliphatic imine (C=N–C) groups is 1. The first-order valence-corrected chi connectivity index (χ1v) is 7.66. The average Bonchev–Trinajstić information content (AvgIpc) is 2.94. The molecule has 1 aliphatic rings. The van der Waals surface area contributed by atoms with Crippen molar-refractivity contribution in [2.45, 2.75) is 18.6 Å². The number of amidine groups is 1. The molecule has 1 aliphatic heterocycles. The van der Waals surface area contributed by atoms with Crippen molar-refractivity contribution in [2.75, 3.05) is 6.54 Å². The molecule has 0 spiro atoms. The van der Waals surface area contributed by atoms with Crippen molar-refractivity contribution in [3.63, 3.8) is 0 Å². The molecule has 0 aliphatic carbocycles. The van der Waals surface area contributed by atoms with Crippen LogP contribution in [0.5, 0.6) is 0 Å². The van der Waals surface area contributed by atoms with Gasteiger partial charge in [0.25, 0.3) is 5.91 Å². The van der Waals surface area contributed by atoms with Crippen molar-refractivity contribution in [2.24, 2.45) is 4.99 Å². The number of rotatable bonds is 2. The van der Waals surface area contributed by atoms with Gasteiger partial charge in [-0.15, -0.1) is 0 Å². The number of benzene rings is 2. The van der Waals surface area contributed by atoms with Gasteiger partial charge < -0.3 is 5.32 Å². The molecular formula is C16H16N2OS. The lowest BCUT2D eigenvalue weighted by molar-refractivity contribution is 0.0979. The molecule has 2 aromatic rings. The Kier molecular flexibility index (Phi) is 3.74. The van der Waals surface area contributed by atoms with E-state index in [0.29, 0.717) is 10.8 Å². The number of amides is 1. The monoisotopic (exact) mass is 284 g/mol. The summed E-state index contributed by atoms with van der Waals surface area (Å²) in [5.41, 5.74) is 0.700. The normalized spacial score (nSPS) is 18.1. The molecule has 0 bridgehead atoms. The lowest BCUT2D eigenvalue weighted by Gasteiger charge is -2.08. The highest BCUT2D eigenvalue weighted by Crippen LogP contribution is 2.23. The second kappa shape index (κ2) is 5.67. The number of hydrogen-bond acceptors (Lipinski definition) is 3. The number of carbonyl (C=O) groups is 1. The van der Waals surface area contributed by atoms with Crippen LogP contribution in [-0.2, 0) is 0 Å². The summed E-state index contributed by atoms with van der Waals surface area (Å²) in [6, 6.07) is 13.7. The molecule has 1 atom stereocenters. The molecule has 20 heavy (non-hydrogen) atoms. The largest absolute Gasteiger partial charge is 0.301 e. The first-order chi connectivity index (χ1) is 9.78. The summed E-state index contributed by atoms with van der Waals surface area (Å²) in [5, 5.41) is 6.22. The molecule has 3 nitrogen and oxygen atoms in total. The highest BCUT2D eigenvalue weighted by atomic mass is 32.2. The number of fused-ring (bicyclic) bond motifs is 1. The van der Waals surface area contributed by atoms with Crippen molar-refractivity contribution >= 4 is 33.6 Å². The van der Waals surface area contributed by atoms with Crippen molar-refractivity contribution in [1.29, 1.82) is 0 Å². The van der Waals surface area contributed by atoms with Gasteiger partial charge in [0.05, 0.1) is 6.54 Å². The highest BCUT2D eigenvalue weighted by Gasteiger charge is 2.20. The van der Waals surface area contributed by atoms with Crippen LogP contribution >= 0.6 is 11.8 Å². The van der Waals surface area contributed by atoms with Gasteiger partial charge >= 0.3 is 0 Å². The van der Waals surface area contributed by atoms with Crippen LogP contribution in [-0.4, -0.2) is 22.9 Å². The lowest BCUT2D eigenvalue weighted by Crippen LogP contribution is -2.27. The molecule has 4 heteroatoms. The maximum atomic E-state index is 12.4. The Morgan fingerprint density at radius 1 is 1.30 bits per heavy atom. The number of carbonyl (C=O) groups excluding carboxylic acids is 1. The number of hydrogen-bond donors (Lipinski definition) is 1. The van der Waals surface area contributed by atoms with E-state index in [1.165, 1.54) is 0 Å². The van der Waals surface area contributed by atoms with Gasteiger partial charge in [0.15, 0.2) is 5.17 Å². The fourth-order valence-electron chi connectivity index (χ4n) is 2.29. The minimum absolute atomic E-state index is 0.0789. The summed E-state index contributed by atoms with van der Waals surface area (Å²) in [6.45, 7) is 2.94. The Hall–Kier alpha value is -1.81. The summed E-state index contributed by atoms with van der Waals surface area (Å²) >= 11 is 1.66. The van der Waals surface area contributed by atoms with Crippen LogP contribution in [0.1, 0.15) is 23.7 Å². The summed E-state index contributed by atoms with van der Waals surface area (Å²) < 4.78 is 0. The highest BCUT2D eigenvalue weighted by molar-refractivity contribution is 8.14. The Labute approximate surface area is 122 Å². The Morgan fingerprint density at radius 2 is 2.10 bits per heavy atom. The molecule has 2 aromatic carbocycles. The SMILES string of the molecule is CCC1CN=C(NC(=O)c2cccc3ccccc23)S1. The Morgan fingerprint density at radius 3 is 2.90 bits per heavy atom. The summed E-state index contributed by atoms with van der Waals surface area (Å²) in [5.74, 6) is -0.0789. The van der Waals surface area contributed by atoms with E-state index in [1.54, 1.807) is 11.8 Å². The van der Waals surface area contributed by atoms with Crippen molar-refractivity contribution in [3.8, 4) is 0 Å². The summed E-state index contributed by atoms with van der Waals surface area (Å²) in [4.78, 5) is 16.8. The van der Waals surface area contributed by atoms with Gasteiger partial charge in [-0.3, -0.25) is 9.79 Å². The van der Waals surface area contributed by atoms with Crippen LogP contribution in [0, 0.1) is 0 Å². The summed E-state index contributed by atoms with van der Waals surface area (Å²) in [6.07, 6.45) is 1.07. The predicted molar refractivity (Wildman–Crippen MR) is 85.4 cm³/mol. The average molecular weight is 284 g/mol. The van der Waals surface area contributed by atoms with Crippen LogP contribution in [0.2, 0.25) is 0 Å². The zero-order valence-electron chi connectivity index (χ0n) is 11.3. The van der Waals surface area contributed by atoms with Gasteiger partial charge in [0.2, 0.25) is 0 Å². The van der Waals surface area contributed by atoms with Gasteiger partial charge in [-0.05, 0) is 23.3 Å². The molecule has 1 amide bonds. The van der Waals surface area contributed by atoms with Crippen LogP contribution in [0.25, 0.3) is 10.8 Å². The van der Waals surface area contributed by atoms with Gasteiger partial charge in [0, 0.05) is 10.8 Å². The molecule has 1 heterocycles. The molecule has 3 rings (SSSR count). The Balaban J connectivity index is 1.83. The minimum atomic E-state index is -0.0789. The number of nitrogens with zero attached hydrogens (tertiary/aromatic N) is 1. The standard InChI is InChI=1S/C16H16N2OS/c1-2-12-10-17-16(20-12)18-15(19)14-9-5-7-11-6-3-4-8-13(11)14/h3-9,12H,2,10H2,1H3,(H,17,18,19). The van der Waals surface area contributed by atoms with Crippen LogP contribution in [0.3, 0.4) is 0 Å². The first kappa shape index (κ1) is 13.2. The molecule has 0 saturated carbocycles. The van der Waals surface area contributed by atoms with E-state index in [9.17, 15) is 4.79 Å². The predicted octanol–water partition coefficient (Wildman–Crippen LogP) is 3.45. The van der Waals surface area contributed by atoms with E-state index in [0.717, 1.165) is 28.9 Å². The zero-order valence-corrected chi connectivity index (χ0v) is 12.1. The molecule has 1 N–H and O–H groups in total. The summed E-state index contributed by atoms with van der Waals surface area (Å²) in [7, 11) is 0. The van der Waals surface area contributed by atoms with Crippen LogP contribution in [0.15, 0.2) is 47.5 Å². The molecule has 102 valence electrons. The third-order valence-electron chi connectivity index (χ3n) is 3.43. The third-order valence-corrected chi connectivity index (χ3v) is 4.70. The molecular weight excluding hydrogens is 268 g/mol. The topological polar surface area (TPSA) is 41.5 Å². The van der Waals surface area contributed by atoms with E-state index in [2.05, 4.69) is 17.2 Å². The molecule has 0 radical (unpaired) electrons. The maximum Gasteiger partial charge on any atom is 0.257 e. The Bertz CT molecular complexity index is 676. The first-order valence-electron chi connectivity index (χ1n) is 6.78. The number of thioether (sulfide) groups is 1. The third kappa shape index (κ3) is 2.56. The van der Waals surface area contributed by atoms with E-state index < -0.39 is 0 Å². The fourth-order valence-corrected chi connectivity index (χ4v) is 3.22. The fraction of sp³-hybridized carbons (Fsp3) is 0.250. The van der Waals surface area contributed by atoms with E-state index in [-0.39, 0.29) is 5.91 Å². The minimum Gasteiger partial charge on any atom is -0.301 e. The lowest BCUT2D eigenvalue weighted by atomic mass is 10.0. The zero-order chi connectivity index (χ0) is 13.9. The van der Waals surface area contributed by atoms with E-state index in [4.69, 9.17) is 0 Å². The second-order valence-corrected chi connectivity index (χ2v) is 6.06. The number of nitrogens with one attached hydrogen (secondary N) is 1. The molecule has 0 aromatic heterocycles. The smallest absolute Gasteiger partial charge is 0.257 e. The van der Waals surface area contributed by atoms with Gasteiger partial charge in [-0.1, -0.05) is 55.1 Å². The van der Waals surface area contributed by atoms with E-state index in [1.807, 2.05) is 42.5 Å². The van der Waals surface area contributed by atoms with Gasteiger partial charge in [0.1, 0.15) is 0 Å². The van der Waals surface area contributed by atoms with Crippen molar-refractivity contribution in [1.82, 2.24) is 5.32 Å². The van der Waals surface area contributed by atoms with Gasteiger partial charge in [-0.25, -0.2) is 0 Å². The second-order valence-electron chi connectivity index (χ2n) is 4.77. The van der Waals surface area contributed by atoms with Crippen LogP contribution in [0.4, 0.5) is 0 Å². The van der Waals surface area contributed by atoms with Crippen molar-refractivity contribution in [3.05, 3.63) is 48.0 Å². The quantitative estimate of drug-likeness (QED) is 0.917.